The van der Waals surface area contributed by atoms with Gasteiger partial charge in [-0.15, -0.1) is 10.2 Å². The van der Waals surface area contributed by atoms with Gasteiger partial charge in [-0.05, 0) is 37.0 Å². The van der Waals surface area contributed by atoms with Gasteiger partial charge < -0.3 is 9.47 Å². The Morgan fingerprint density at radius 3 is 2.62 bits per heavy atom. The fourth-order valence-corrected chi connectivity index (χ4v) is 4.32. The summed E-state index contributed by atoms with van der Waals surface area (Å²) in [7, 11) is 0. The number of aromatic nitrogens is 3. The number of rotatable bonds is 6. The molecular formula is C18H22Cl2N4OS. The van der Waals surface area contributed by atoms with Crippen molar-refractivity contribution in [3.8, 4) is 11.4 Å². The normalized spacial score (nSPS) is 14.4. The number of amides is 1. The summed E-state index contributed by atoms with van der Waals surface area (Å²) in [6.45, 7) is 6.75. The van der Waals surface area contributed by atoms with Crippen LogP contribution in [-0.4, -0.2) is 44.4 Å². The number of halogens is 2. The van der Waals surface area contributed by atoms with Gasteiger partial charge in [-0.3, -0.25) is 4.79 Å². The van der Waals surface area contributed by atoms with Crippen molar-refractivity contribution in [3.63, 3.8) is 0 Å². The summed E-state index contributed by atoms with van der Waals surface area (Å²) in [5, 5.41) is 10.5. The molecular weight excluding hydrogens is 391 g/mol. The van der Waals surface area contributed by atoms with E-state index in [4.69, 9.17) is 23.2 Å². The Morgan fingerprint density at radius 2 is 1.96 bits per heavy atom. The van der Waals surface area contributed by atoms with E-state index in [0.29, 0.717) is 27.5 Å². The number of likely N-dealkylation sites (tertiary alicyclic amines) is 1. The number of carbonyl (C=O) groups is 1. The smallest absolute Gasteiger partial charge is 0.233 e. The van der Waals surface area contributed by atoms with Gasteiger partial charge in [-0.2, -0.15) is 0 Å². The van der Waals surface area contributed by atoms with Crippen LogP contribution in [0.2, 0.25) is 10.0 Å². The molecule has 1 saturated heterocycles. The van der Waals surface area contributed by atoms with Gasteiger partial charge in [-0.25, -0.2) is 0 Å². The van der Waals surface area contributed by atoms with Crippen molar-refractivity contribution in [2.24, 2.45) is 5.92 Å². The van der Waals surface area contributed by atoms with Crippen LogP contribution in [0.1, 0.15) is 26.7 Å². The van der Waals surface area contributed by atoms with Crippen molar-refractivity contribution in [1.82, 2.24) is 19.7 Å². The van der Waals surface area contributed by atoms with Crippen LogP contribution >= 0.6 is 35.0 Å². The third-order valence-electron chi connectivity index (χ3n) is 4.22. The first kappa shape index (κ1) is 19.5. The van der Waals surface area contributed by atoms with Gasteiger partial charge in [-0.1, -0.05) is 48.8 Å². The quantitative estimate of drug-likeness (QED) is 0.649. The fraction of sp³-hybridized carbons (Fsp3) is 0.500. The van der Waals surface area contributed by atoms with E-state index < -0.39 is 0 Å². The number of nitrogens with zero attached hydrogens (tertiary/aromatic N) is 4. The molecule has 0 N–H and O–H groups in total. The number of thioether (sulfide) groups is 1. The van der Waals surface area contributed by atoms with Crippen molar-refractivity contribution >= 4 is 40.9 Å². The standard InChI is InChI=1S/C18H22Cl2N4OS/c1-12(2)10-24-17(14-6-5-13(19)9-15(14)20)21-22-18(24)26-11-16(25)23-7-3-4-8-23/h5-6,9,12H,3-4,7-8,10-11H2,1-2H3. The monoisotopic (exact) mass is 412 g/mol. The van der Waals surface area contributed by atoms with E-state index in [0.717, 1.165) is 43.2 Å². The molecule has 1 aliphatic rings. The summed E-state index contributed by atoms with van der Waals surface area (Å²) in [6.07, 6.45) is 2.19. The molecule has 5 nitrogen and oxygen atoms in total. The van der Waals surface area contributed by atoms with E-state index in [-0.39, 0.29) is 5.91 Å². The van der Waals surface area contributed by atoms with Crippen LogP contribution in [0.4, 0.5) is 0 Å². The van der Waals surface area contributed by atoms with Crippen molar-refractivity contribution in [1.29, 1.82) is 0 Å². The second-order valence-corrected chi connectivity index (χ2v) is 8.60. The highest BCUT2D eigenvalue weighted by atomic mass is 35.5. The molecule has 0 aliphatic carbocycles. The highest BCUT2D eigenvalue weighted by molar-refractivity contribution is 7.99. The molecule has 1 aromatic carbocycles. The predicted octanol–water partition coefficient (Wildman–Crippen LogP) is 4.62. The van der Waals surface area contributed by atoms with E-state index in [1.54, 1.807) is 12.1 Å². The summed E-state index contributed by atoms with van der Waals surface area (Å²) in [4.78, 5) is 14.3. The minimum Gasteiger partial charge on any atom is -0.342 e. The molecule has 8 heteroatoms. The van der Waals surface area contributed by atoms with Crippen LogP contribution < -0.4 is 0 Å². The van der Waals surface area contributed by atoms with Crippen molar-refractivity contribution in [2.45, 2.75) is 38.4 Å². The number of hydrogen-bond acceptors (Lipinski definition) is 4. The molecule has 0 bridgehead atoms. The Kier molecular flexibility index (Phi) is 6.48. The number of hydrogen-bond donors (Lipinski definition) is 0. The van der Waals surface area contributed by atoms with Crippen molar-refractivity contribution in [3.05, 3.63) is 28.2 Å². The number of benzene rings is 1. The van der Waals surface area contributed by atoms with Gasteiger partial charge in [0.15, 0.2) is 11.0 Å². The van der Waals surface area contributed by atoms with Gasteiger partial charge in [0.25, 0.3) is 0 Å². The first-order valence-electron chi connectivity index (χ1n) is 8.75. The van der Waals surface area contributed by atoms with E-state index in [1.165, 1.54) is 11.8 Å². The summed E-state index contributed by atoms with van der Waals surface area (Å²) in [6, 6.07) is 5.35. The van der Waals surface area contributed by atoms with E-state index in [1.807, 2.05) is 15.5 Å². The van der Waals surface area contributed by atoms with Crippen LogP contribution in [0.15, 0.2) is 23.4 Å². The van der Waals surface area contributed by atoms with Gasteiger partial charge in [0.1, 0.15) is 0 Å². The molecule has 1 aromatic heterocycles. The van der Waals surface area contributed by atoms with Gasteiger partial charge in [0.05, 0.1) is 10.8 Å². The molecule has 1 fully saturated rings. The Labute approximate surface area is 168 Å². The molecule has 0 spiro atoms. The van der Waals surface area contributed by atoms with Crippen LogP contribution in [0, 0.1) is 5.92 Å². The summed E-state index contributed by atoms with van der Waals surface area (Å²) >= 11 is 13.8. The lowest BCUT2D eigenvalue weighted by atomic mass is 10.2. The zero-order valence-electron chi connectivity index (χ0n) is 14.9. The van der Waals surface area contributed by atoms with Crippen LogP contribution in [0.5, 0.6) is 0 Å². The Balaban J connectivity index is 1.83. The zero-order chi connectivity index (χ0) is 18.7. The molecule has 2 aromatic rings. The summed E-state index contributed by atoms with van der Waals surface area (Å²) in [5.41, 5.74) is 0.793. The lowest BCUT2D eigenvalue weighted by Gasteiger charge is -2.16. The summed E-state index contributed by atoms with van der Waals surface area (Å²) < 4.78 is 2.04. The predicted molar refractivity (Wildman–Crippen MR) is 107 cm³/mol. The maximum absolute atomic E-state index is 12.3. The minimum absolute atomic E-state index is 0.165. The fourth-order valence-electron chi connectivity index (χ4n) is 2.98. The molecule has 2 heterocycles. The average molecular weight is 413 g/mol. The van der Waals surface area contributed by atoms with Crippen LogP contribution in [-0.2, 0) is 11.3 Å². The van der Waals surface area contributed by atoms with Crippen molar-refractivity contribution in [2.75, 3.05) is 18.8 Å². The van der Waals surface area contributed by atoms with E-state index >= 15 is 0 Å². The first-order chi connectivity index (χ1) is 12.5. The largest absolute Gasteiger partial charge is 0.342 e. The maximum Gasteiger partial charge on any atom is 0.233 e. The second-order valence-electron chi connectivity index (χ2n) is 6.81. The highest BCUT2D eigenvalue weighted by Crippen LogP contribution is 2.32. The van der Waals surface area contributed by atoms with Crippen molar-refractivity contribution < 1.29 is 4.79 Å². The molecule has 0 radical (unpaired) electrons. The average Bonchev–Trinajstić information content (AvgIpc) is 3.23. The third kappa shape index (κ3) is 4.53. The van der Waals surface area contributed by atoms with Crippen LogP contribution in [0.3, 0.4) is 0 Å². The lowest BCUT2D eigenvalue weighted by Crippen LogP contribution is -2.29. The maximum atomic E-state index is 12.3. The van der Waals surface area contributed by atoms with Gasteiger partial charge in [0, 0.05) is 30.2 Å². The van der Waals surface area contributed by atoms with Gasteiger partial charge >= 0.3 is 0 Å². The molecule has 0 atom stereocenters. The molecule has 3 rings (SSSR count). The topological polar surface area (TPSA) is 51.0 Å². The Bertz CT molecular complexity index is 787. The molecule has 1 aliphatic heterocycles. The summed E-state index contributed by atoms with van der Waals surface area (Å²) in [5.74, 6) is 1.66. The SMILES string of the molecule is CC(C)Cn1c(SCC(=O)N2CCCC2)nnc1-c1ccc(Cl)cc1Cl. The second kappa shape index (κ2) is 8.63. The third-order valence-corrected chi connectivity index (χ3v) is 5.72. The molecule has 0 unspecified atom stereocenters. The van der Waals surface area contributed by atoms with Crippen LogP contribution in [0.25, 0.3) is 11.4 Å². The Hall–Kier alpha value is -1.24. The highest BCUT2D eigenvalue weighted by Gasteiger charge is 2.21. The zero-order valence-corrected chi connectivity index (χ0v) is 17.2. The van der Waals surface area contributed by atoms with Gasteiger partial charge in [0.2, 0.25) is 5.91 Å². The van der Waals surface area contributed by atoms with E-state index in [2.05, 4.69) is 24.0 Å². The number of carbonyl (C=O) groups excluding carboxylic acids is 1. The molecule has 1 amide bonds. The molecule has 140 valence electrons. The minimum atomic E-state index is 0.165. The lowest BCUT2D eigenvalue weighted by molar-refractivity contribution is -0.127. The Morgan fingerprint density at radius 1 is 1.23 bits per heavy atom. The molecule has 26 heavy (non-hydrogen) atoms. The first-order valence-corrected chi connectivity index (χ1v) is 10.5. The molecule has 0 saturated carbocycles. The van der Waals surface area contributed by atoms with E-state index in [9.17, 15) is 4.79 Å².